The lowest BCUT2D eigenvalue weighted by Crippen LogP contribution is -2.12. The van der Waals surface area contributed by atoms with E-state index in [0.29, 0.717) is 21.3 Å². The third-order valence-electron chi connectivity index (χ3n) is 2.31. The molecule has 2 aromatic rings. The average molecular weight is 298 g/mol. The minimum absolute atomic E-state index is 0.243. The molecule has 5 heteroatoms. The molecule has 0 unspecified atom stereocenters. The normalized spacial score (nSPS) is 10.2. The van der Waals surface area contributed by atoms with Crippen molar-refractivity contribution in [2.24, 2.45) is 0 Å². The second-order valence-electron chi connectivity index (χ2n) is 3.63. The molecule has 0 aliphatic heterocycles. The molecule has 0 spiro atoms. The van der Waals surface area contributed by atoms with Crippen LogP contribution in [0.4, 0.5) is 5.69 Å². The summed E-state index contributed by atoms with van der Waals surface area (Å²) in [7, 11) is 0. The lowest BCUT2D eigenvalue weighted by atomic mass is 10.2. The predicted molar refractivity (Wildman–Crippen MR) is 78.1 cm³/mol. The number of halogens is 2. The van der Waals surface area contributed by atoms with Gasteiger partial charge in [-0.15, -0.1) is 12.6 Å². The smallest absolute Gasteiger partial charge is 0.255 e. The van der Waals surface area contributed by atoms with Crippen molar-refractivity contribution in [3.8, 4) is 0 Å². The Morgan fingerprint density at radius 2 is 1.72 bits per heavy atom. The highest BCUT2D eigenvalue weighted by molar-refractivity contribution is 7.80. The summed E-state index contributed by atoms with van der Waals surface area (Å²) in [6.07, 6.45) is 0. The number of nitrogens with one attached hydrogen (secondary N) is 1. The fourth-order valence-corrected chi connectivity index (χ4v) is 1.89. The molecule has 0 saturated heterocycles. The molecule has 2 nitrogen and oxygen atoms in total. The highest BCUT2D eigenvalue weighted by Crippen LogP contribution is 2.25. The Kier molecular flexibility index (Phi) is 4.17. The van der Waals surface area contributed by atoms with Gasteiger partial charge in [-0.1, -0.05) is 23.2 Å². The summed E-state index contributed by atoms with van der Waals surface area (Å²) in [5, 5.41) is 3.66. The Labute approximate surface area is 120 Å². The highest BCUT2D eigenvalue weighted by atomic mass is 35.5. The van der Waals surface area contributed by atoms with E-state index in [1.165, 1.54) is 0 Å². The molecule has 0 heterocycles. The number of amides is 1. The molecule has 0 saturated carbocycles. The summed E-state index contributed by atoms with van der Waals surface area (Å²) in [5.74, 6) is -0.243. The number of hydrogen-bond donors (Lipinski definition) is 2. The van der Waals surface area contributed by atoms with Crippen LogP contribution in [0.1, 0.15) is 10.4 Å². The third-order valence-corrected chi connectivity index (χ3v) is 3.17. The number of hydrogen-bond acceptors (Lipinski definition) is 2. The van der Waals surface area contributed by atoms with Gasteiger partial charge in [0.15, 0.2) is 0 Å². The summed E-state index contributed by atoms with van der Waals surface area (Å²) in [6.45, 7) is 0. The van der Waals surface area contributed by atoms with Gasteiger partial charge in [0.1, 0.15) is 0 Å². The third kappa shape index (κ3) is 3.19. The van der Waals surface area contributed by atoms with Crippen molar-refractivity contribution in [1.82, 2.24) is 0 Å². The lowest BCUT2D eigenvalue weighted by Gasteiger charge is -2.07. The maximum absolute atomic E-state index is 12.0. The Morgan fingerprint density at radius 1 is 1.06 bits per heavy atom. The monoisotopic (exact) mass is 297 g/mol. The molecule has 1 amide bonds. The van der Waals surface area contributed by atoms with E-state index < -0.39 is 0 Å². The van der Waals surface area contributed by atoms with Crippen molar-refractivity contribution < 1.29 is 4.79 Å². The van der Waals surface area contributed by atoms with Gasteiger partial charge < -0.3 is 5.32 Å². The van der Waals surface area contributed by atoms with E-state index in [1.54, 1.807) is 42.5 Å². The van der Waals surface area contributed by atoms with Crippen molar-refractivity contribution in [2.75, 3.05) is 5.32 Å². The van der Waals surface area contributed by atoms with Gasteiger partial charge in [-0.05, 0) is 42.5 Å². The molecular weight excluding hydrogens is 289 g/mol. The van der Waals surface area contributed by atoms with Crippen molar-refractivity contribution in [3.05, 3.63) is 58.1 Å². The van der Waals surface area contributed by atoms with Crippen molar-refractivity contribution in [2.45, 2.75) is 4.90 Å². The standard InChI is InChI=1S/C13H9Cl2NOS/c14-9-3-6-11(15)12(7-9)16-13(17)8-1-4-10(18)5-2-8/h1-7,18H,(H,16,17). The zero-order valence-corrected chi connectivity index (χ0v) is 11.6. The first-order valence-electron chi connectivity index (χ1n) is 5.12. The summed E-state index contributed by atoms with van der Waals surface area (Å²) in [5.41, 5.74) is 1.02. The van der Waals surface area contributed by atoms with E-state index in [9.17, 15) is 4.79 Å². The van der Waals surface area contributed by atoms with Gasteiger partial charge in [-0.2, -0.15) is 0 Å². The maximum Gasteiger partial charge on any atom is 0.255 e. The molecule has 2 aromatic carbocycles. The summed E-state index contributed by atoms with van der Waals surface area (Å²) in [6, 6.07) is 11.8. The summed E-state index contributed by atoms with van der Waals surface area (Å²) >= 11 is 16.0. The maximum atomic E-state index is 12.0. The first-order valence-corrected chi connectivity index (χ1v) is 6.32. The molecular formula is C13H9Cl2NOS. The molecule has 0 atom stereocenters. The van der Waals surface area contributed by atoms with Gasteiger partial charge in [-0.25, -0.2) is 0 Å². The van der Waals surface area contributed by atoms with Crippen LogP contribution in [0.2, 0.25) is 10.0 Å². The van der Waals surface area contributed by atoms with Gasteiger partial charge in [0.2, 0.25) is 0 Å². The molecule has 0 radical (unpaired) electrons. The van der Waals surface area contributed by atoms with Crippen LogP contribution in [-0.2, 0) is 0 Å². The molecule has 0 aliphatic carbocycles. The number of anilines is 1. The van der Waals surface area contributed by atoms with Crippen LogP contribution in [0.25, 0.3) is 0 Å². The van der Waals surface area contributed by atoms with Crippen LogP contribution in [0, 0.1) is 0 Å². The number of benzene rings is 2. The number of rotatable bonds is 2. The number of carbonyl (C=O) groups is 1. The zero-order valence-electron chi connectivity index (χ0n) is 9.15. The minimum atomic E-state index is -0.243. The van der Waals surface area contributed by atoms with Crippen LogP contribution in [0.5, 0.6) is 0 Å². The molecule has 0 aliphatic rings. The van der Waals surface area contributed by atoms with E-state index in [1.807, 2.05) is 0 Å². The van der Waals surface area contributed by atoms with Gasteiger partial charge in [0.25, 0.3) is 5.91 Å². The fourth-order valence-electron chi connectivity index (χ4n) is 1.40. The van der Waals surface area contributed by atoms with E-state index in [4.69, 9.17) is 23.2 Å². The topological polar surface area (TPSA) is 29.1 Å². The van der Waals surface area contributed by atoms with Crippen LogP contribution in [0.3, 0.4) is 0 Å². The average Bonchev–Trinajstić information content (AvgIpc) is 2.34. The molecule has 92 valence electrons. The van der Waals surface area contributed by atoms with Gasteiger partial charge in [0.05, 0.1) is 10.7 Å². The molecule has 18 heavy (non-hydrogen) atoms. The van der Waals surface area contributed by atoms with Gasteiger partial charge >= 0.3 is 0 Å². The predicted octanol–water partition coefficient (Wildman–Crippen LogP) is 4.53. The Balaban J connectivity index is 2.21. The second-order valence-corrected chi connectivity index (χ2v) is 4.99. The molecule has 0 aromatic heterocycles. The number of thiol groups is 1. The molecule has 0 fully saturated rings. The van der Waals surface area contributed by atoms with Crippen molar-refractivity contribution in [1.29, 1.82) is 0 Å². The van der Waals surface area contributed by atoms with Crippen molar-refractivity contribution in [3.63, 3.8) is 0 Å². The van der Waals surface area contributed by atoms with Crippen LogP contribution in [0.15, 0.2) is 47.4 Å². The second kappa shape index (κ2) is 5.65. The van der Waals surface area contributed by atoms with E-state index in [2.05, 4.69) is 17.9 Å². The summed E-state index contributed by atoms with van der Waals surface area (Å²) in [4.78, 5) is 12.7. The molecule has 2 rings (SSSR count). The van der Waals surface area contributed by atoms with Crippen LogP contribution < -0.4 is 5.32 Å². The molecule has 1 N–H and O–H groups in total. The SMILES string of the molecule is O=C(Nc1cc(Cl)ccc1Cl)c1ccc(S)cc1. The number of carbonyl (C=O) groups excluding carboxylic acids is 1. The Morgan fingerprint density at radius 3 is 2.39 bits per heavy atom. The van der Waals surface area contributed by atoms with Gasteiger partial charge in [-0.3, -0.25) is 4.79 Å². The first-order chi connectivity index (χ1) is 8.56. The van der Waals surface area contributed by atoms with E-state index in [-0.39, 0.29) is 5.91 Å². The largest absolute Gasteiger partial charge is 0.321 e. The Hall–Kier alpha value is -1.16. The highest BCUT2D eigenvalue weighted by Gasteiger charge is 2.08. The zero-order chi connectivity index (χ0) is 13.1. The summed E-state index contributed by atoms with van der Waals surface area (Å²) < 4.78 is 0. The van der Waals surface area contributed by atoms with Gasteiger partial charge in [0, 0.05) is 15.5 Å². The minimum Gasteiger partial charge on any atom is -0.321 e. The Bertz CT molecular complexity index is 584. The van der Waals surface area contributed by atoms with E-state index >= 15 is 0 Å². The van der Waals surface area contributed by atoms with Crippen LogP contribution >= 0.6 is 35.8 Å². The fraction of sp³-hybridized carbons (Fsp3) is 0. The van der Waals surface area contributed by atoms with Crippen molar-refractivity contribution >= 4 is 47.4 Å². The quantitative estimate of drug-likeness (QED) is 0.783. The first kappa shape index (κ1) is 13.3. The molecule has 0 bridgehead atoms. The lowest BCUT2D eigenvalue weighted by molar-refractivity contribution is 0.102. The van der Waals surface area contributed by atoms with Crippen LogP contribution in [-0.4, -0.2) is 5.91 Å². The van der Waals surface area contributed by atoms with E-state index in [0.717, 1.165) is 4.90 Å².